The normalized spacial score (nSPS) is 10.0. The average molecular weight is 298 g/mol. The van der Waals surface area contributed by atoms with Gasteiger partial charge in [-0.15, -0.1) is 0 Å². The number of benzene rings is 2. The third kappa shape index (κ3) is 3.38. The monoisotopic (exact) mass is 298 g/mol. The first kappa shape index (κ1) is 15.4. The smallest absolute Gasteiger partial charge is 0.336 e. The standard InChI is InChI=1S/C17H14O5/c1-22-12-7-8-13(14(9-12)17(20)21)16(19)10-15(18)11-5-3-2-4-6-11/h2-9H,10H2,1H3,(H,20,21). The molecule has 0 saturated carbocycles. The number of carboxylic acid groups (broad SMARTS) is 1. The van der Waals surface area contributed by atoms with Crippen LogP contribution in [0.15, 0.2) is 48.5 Å². The van der Waals surface area contributed by atoms with E-state index in [1.807, 2.05) is 0 Å². The molecule has 0 aliphatic rings. The molecule has 0 fully saturated rings. The van der Waals surface area contributed by atoms with Gasteiger partial charge in [0.1, 0.15) is 5.75 Å². The van der Waals surface area contributed by atoms with E-state index >= 15 is 0 Å². The molecule has 0 radical (unpaired) electrons. The highest BCUT2D eigenvalue weighted by atomic mass is 16.5. The van der Waals surface area contributed by atoms with Crippen LogP contribution < -0.4 is 4.74 Å². The number of ether oxygens (including phenoxy) is 1. The van der Waals surface area contributed by atoms with Crippen LogP contribution >= 0.6 is 0 Å². The zero-order valence-electron chi connectivity index (χ0n) is 11.9. The van der Waals surface area contributed by atoms with Crippen LogP contribution in [-0.2, 0) is 0 Å². The number of methoxy groups -OCH3 is 1. The minimum absolute atomic E-state index is 0.00224. The molecule has 0 unspecified atom stereocenters. The predicted octanol–water partition coefficient (Wildman–Crippen LogP) is 2.85. The summed E-state index contributed by atoms with van der Waals surface area (Å²) in [5, 5.41) is 9.19. The molecule has 0 aromatic heterocycles. The van der Waals surface area contributed by atoms with Crippen molar-refractivity contribution in [2.45, 2.75) is 6.42 Å². The van der Waals surface area contributed by atoms with Gasteiger partial charge in [0.05, 0.1) is 19.1 Å². The highest BCUT2D eigenvalue weighted by Crippen LogP contribution is 2.20. The Balaban J connectivity index is 2.26. The summed E-state index contributed by atoms with van der Waals surface area (Å²) in [7, 11) is 1.40. The zero-order chi connectivity index (χ0) is 16.1. The van der Waals surface area contributed by atoms with Crippen molar-refractivity contribution in [3.63, 3.8) is 0 Å². The predicted molar refractivity (Wildman–Crippen MR) is 79.7 cm³/mol. The summed E-state index contributed by atoms with van der Waals surface area (Å²) < 4.78 is 4.95. The Morgan fingerprint density at radius 2 is 1.64 bits per heavy atom. The first-order valence-corrected chi connectivity index (χ1v) is 6.55. The molecule has 5 heteroatoms. The van der Waals surface area contributed by atoms with E-state index in [0.717, 1.165) is 0 Å². The molecule has 0 aliphatic heterocycles. The maximum Gasteiger partial charge on any atom is 0.336 e. The van der Waals surface area contributed by atoms with Crippen LogP contribution in [0.1, 0.15) is 37.5 Å². The highest BCUT2D eigenvalue weighted by molar-refractivity contribution is 6.16. The van der Waals surface area contributed by atoms with Crippen molar-refractivity contribution in [3.05, 3.63) is 65.2 Å². The van der Waals surface area contributed by atoms with Crippen LogP contribution in [0.2, 0.25) is 0 Å². The number of carbonyl (C=O) groups is 3. The molecule has 2 rings (SSSR count). The number of carbonyl (C=O) groups excluding carboxylic acids is 2. The third-order valence-corrected chi connectivity index (χ3v) is 3.17. The van der Waals surface area contributed by atoms with Crippen LogP contribution in [0.5, 0.6) is 5.75 Å². The summed E-state index contributed by atoms with van der Waals surface area (Å²) in [6.45, 7) is 0. The molecule has 0 amide bonds. The fourth-order valence-corrected chi connectivity index (χ4v) is 2.04. The first-order chi connectivity index (χ1) is 10.5. The summed E-state index contributed by atoms with van der Waals surface area (Å²) in [5.41, 5.74) is 0.240. The average Bonchev–Trinajstić information content (AvgIpc) is 2.54. The second-order valence-electron chi connectivity index (χ2n) is 4.61. The van der Waals surface area contributed by atoms with Crippen molar-refractivity contribution >= 4 is 17.5 Å². The third-order valence-electron chi connectivity index (χ3n) is 3.17. The number of carboxylic acids is 1. The number of aromatic carboxylic acids is 1. The van der Waals surface area contributed by atoms with E-state index in [0.29, 0.717) is 11.3 Å². The molecule has 2 aromatic carbocycles. The van der Waals surface area contributed by atoms with Gasteiger partial charge in [-0.1, -0.05) is 30.3 Å². The molecule has 1 N–H and O–H groups in total. The molecule has 0 bridgehead atoms. The largest absolute Gasteiger partial charge is 0.497 e. The van der Waals surface area contributed by atoms with Gasteiger partial charge in [0.2, 0.25) is 0 Å². The SMILES string of the molecule is COc1ccc(C(=O)CC(=O)c2ccccc2)c(C(=O)O)c1. The number of ketones is 2. The molecular formula is C17H14O5. The van der Waals surface area contributed by atoms with Gasteiger partial charge in [-0.05, 0) is 18.2 Å². The van der Waals surface area contributed by atoms with Gasteiger partial charge in [-0.3, -0.25) is 9.59 Å². The van der Waals surface area contributed by atoms with E-state index in [1.54, 1.807) is 30.3 Å². The van der Waals surface area contributed by atoms with E-state index < -0.39 is 11.8 Å². The molecule has 0 spiro atoms. The Morgan fingerprint density at radius 1 is 0.955 bits per heavy atom. The van der Waals surface area contributed by atoms with Crippen LogP contribution in [0.3, 0.4) is 0 Å². The van der Waals surface area contributed by atoms with Gasteiger partial charge >= 0.3 is 5.97 Å². The Hall–Kier alpha value is -2.95. The van der Waals surface area contributed by atoms with Gasteiger partial charge in [-0.2, -0.15) is 0 Å². The number of Topliss-reactive ketones (excluding diaryl/α,β-unsaturated/α-hetero) is 2. The molecular weight excluding hydrogens is 284 g/mol. The molecule has 5 nitrogen and oxygen atoms in total. The summed E-state index contributed by atoms with van der Waals surface area (Å²) >= 11 is 0. The quantitative estimate of drug-likeness (QED) is 0.655. The number of rotatable bonds is 6. The lowest BCUT2D eigenvalue weighted by Crippen LogP contribution is -2.13. The van der Waals surface area contributed by atoms with Gasteiger partial charge in [0.25, 0.3) is 0 Å². The van der Waals surface area contributed by atoms with Crippen molar-refractivity contribution in [2.24, 2.45) is 0 Å². The zero-order valence-corrected chi connectivity index (χ0v) is 11.9. The van der Waals surface area contributed by atoms with Crippen molar-refractivity contribution in [3.8, 4) is 5.75 Å². The Morgan fingerprint density at radius 3 is 2.23 bits per heavy atom. The van der Waals surface area contributed by atoms with Crippen molar-refractivity contribution in [2.75, 3.05) is 7.11 Å². The molecule has 22 heavy (non-hydrogen) atoms. The summed E-state index contributed by atoms with van der Waals surface area (Å²) in [6.07, 6.45) is -0.378. The fourth-order valence-electron chi connectivity index (χ4n) is 2.04. The van der Waals surface area contributed by atoms with E-state index in [1.165, 1.54) is 25.3 Å². The van der Waals surface area contributed by atoms with Crippen LogP contribution in [0.25, 0.3) is 0 Å². The second kappa shape index (κ2) is 6.67. The molecule has 2 aromatic rings. The first-order valence-electron chi connectivity index (χ1n) is 6.55. The lowest BCUT2D eigenvalue weighted by molar-refractivity contribution is 0.0689. The molecule has 0 atom stereocenters. The number of hydrogen-bond acceptors (Lipinski definition) is 4. The Kier molecular flexibility index (Phi) is 4.68. The lowest BCUT2D eigenvalue weighted by Gasteiger charge is -2.07. The topological polar surface area (TPSA) is 80.7 Å². The van der Waals surface area contributed by atoms with Crippen LogP contribution in [0, 0.1) is 0 Å². The van der Waals surface area contributed by atoms with E-state index in [2.05, 4.69) is 0 Å². The Labute approximate surface area is 127 Å². The number of hydrogen-bond donors (Lipinski definition) is 1. The maximum absolute atomic E-state index is 12.2. The van der Waals surface area contributed by atoms with Gasteiger partial charge in [-0.25, -0.2) is 4.79 Å². The van der Waals surface area contributed by atoms with E-state index in [-0.39, 0.29) is 23.3 Å². The molecule has 112 valence electrons. The highest BCUT2D eigenvalue weighted by Gasteiger charge is 2.20. The molecule has 0 aliphatic carbocycles. The second-order valence-corrected chi connectivity index (χ2v) is 4.61. The van der Waals surface area contributed by atoms with Gasteiger partial charge in [0.15, 0.2) is 11.6 Å². The molecule has 0 heterocycles. The summed E-state index contributed by atoms with van der Waals surface area (Å²) in [4.78, 5) is 35.5. The molecule has 0 saturated heterocycles. The van der Waals surface area contributed by atoms with Crippen LogP contribution in [-0.4, -0.2) is 29.8 Å². The fraction of sp³-hybridized carbons (Fsp3) is 0.118. The van der Waals surface area contributed by atoms with Crippen molar-refractivity contribution < 1.29 is 24.2 Å². The minimum Gasteiger partial charge on any atom is -0.497 e. The lowest BCUT2D eigenvalue weighted by atomic mass is 9.97. The minimum atomic E-state index is -1.24. The summed E-state index contributed by atoms with van der Waals surface area (Å²) in [6, 6.07) is 12.5. The van der Waals surface area contributed by atoms with E-state index in [4.69, 9.17) is 4.74 Å². The van der Waals surface area contributed by atoms with Crippen molar-refractivity contribution in [1.82, 2.24) is 0 Å². The van der Waals surface area contributed by atoms with Gasteiger partial charge in [0, 0.05) is 11.1 Å². The maximum atomic E-state index is 12.2. The van der Waals surface area contributed by atoms with Crippen LogP contribution in [0.4, 0.5) is 0 Å². The van der Waals surface area contributed by atoms with Gasteiger partial charge < -0.3 is 9.84 Å². The van der Waals surface area contributed by atoms with Crippen molar-refractivity contribution in [1.29, 1.82) is 0 Å². The Bertz CT molecular complexity index is 719. The summed E-state index contributed by atoms with van der Waals surface area (Å²) in [5.74, 6) is -1.79. The van der Waals surface area contributed by atoms with E-state index in [9.17, 15) is 19.5 Å².